The van der Waals surface area contributed by atoms with E-state index in [1.165, 1.54) is 5.56 Å². The quantitative estimate of drug-likeness (QED) is 0.844. The molecule has 2 aromatic rings. The molecule has 3 nitrogen and oxygen atoms in total. The Morgan fingerprint density at radius 3 is 2.87 bits per heavy atom. The van der Waals surface area contributed by atoms with Crippen molar-refractivity contribution in [1.82, 2.24) is 10.3 Å². The Balaban J connectivity index is 1.60. The first-order valence-corrected chi connectivity index (χ1v) is 8.54. The minimum atomic E-state index is -0.127. The topological polar surface area (TPSA) is 42.0 Å². The number of fused-ring (bicyclic) bond motifs is 1. The van der Waals surface area contributed by atoms with E-state index in [1.807, 2.05) is 31.2 Å². The predicted octanol–water partition coefficient (Wildman–Crippen LogP) is 3.97. The van der Waals surface area contributed by atoms with Gasteiger partial charge in [0.15, 0.2) is 0 Å². The number of hydrogen-bond donors (Lipinski definition) is 1. The molecule has 0 saturated heterocycles. The van der Waals surface area contributed by atoms with Gasteiger partial charge in [-0.05, 0) is 56.2 Å². The van der Waals surface area contributed by atoms with Crippen LogP contribution in [0.3, 0.4) is 0 Å². The van der Waals surface area contributed by atoms with Crippen molar-refractivity contribution < 1.29 is 4.79 Å². The van der Waals surface area contributed by atoms with Gasteiger partial charge in [0.05, 0.1) is 5.56 Å². The molecule has 1 aliphatic carbocycles. The van der Waals surface area contributed by atoms with E-state index in [0.29, 0.717) is 10.7 Å². The zero-order valence-electron chi connectivity index (χ0n) is 13.3. The highest BCUT2D eigenvalue weighted by molar-refractivity contribution is 6.32. The Kier molecular flexibility index (Phi) is 4.97. The Hall–Kier alpha value is -1.87. The van der Waals surface area contributed by atoms with Crippen LogP contribution in [0.15, 0.2) is 36.4 Å². The first kappa shape index (κ1) is 16.0. The van der Waals surface area contributed by atoms with E-state index in [0.717, 1.165) is 43.4 Å². The molecular weight excluding hydrogens is 308 g/mol. The molecule has 1 aliphatic rings. The predicted molar refractivity (Wildman–Crippen MR) is 93.0 cm³/mol. The number of rotatable bonds is 5. The smallest absolute Gasteiger partial charge is 0.254 e. The summed E-state index contributed by atoms with van der Waals surface area (Å²) in [5.41, 5.74) is 3.99. The number of carbonyl (C=O) groups excluding carboxylic acids is 1. The summed E-state index contributed by atoms with van der Waals surface area (Å²) in [5, 5.41) is 3.35. The van der Waals surface area contributed by atoms with Crippen LogP contribution in [0.1, 0.15) is 46.9 Å². The molecule has 1 amide bonds. The first-order chi connectivity index (χ1) is 11.1. The summed E-state index contributed by atoms with van der Waals surface area (Å²) in [6.45, 7) is 2.02. The van der Waals surface area contributed by atoms with Crippen LogP contribution < -0.4 is 5.32 Å². The highest BCUT2D eigenvalue weighted by Gasteiger charge is 2.20. The molecule has 0 spiro atoms. The molecular formula is C19H21ClN2O. The van der Waals surface area contributed by atoms with Crippen molar-refractivity contribution >= 4 is 17.5 Å². The Morgan fingerprint density at radius 1 is 1.30 bits per heavy atom. The second-order valence-corrected chi connectivity index (χ2v) is 6.54. The van der Waals surface area contributed by atoms with E-state index >= 15 is 0 Å². The van der Waals surface area contributed by atoms with Crippen LogP contribution in [0.4, 0.5) is 0 Å². The molecule has 0 radical (unpaired) electrons. The van der Waals surface area contributed by atoms with Gasteiger partial charge in [-0.1, -0.05) is 41.9 Å². The van der Waals surface area contributed by atoms with Gasteiger partial charge < -0.3 is 5.32 Å². The lowest BCUT2D eigenvalue weighted by Crippen LogP contribution is -2.33. The van der Waals surface area contributed by atoms with E-state index in [2.05, 4.69) is 22.4 Å². The average Bonchev–Trinajstić information content (AvgIpc) is 3.00. The third-order valence-electron chi connectivity index (χ3n) is 4.34. The molecule has 3 rings (SSSR count). The van der Waals surface area contributed by atoms with Gasteiger partial charge in [-0.15, -0.1) is 0 Å². The molecule has 0 aliphatic heterocycles. The van der Waals surface area contributed by atoms with Crippen molar-refractivity contribution in [2.24, 2.45) is 0 Å². The second-order valence-electron chi connectivity index (χ2n) is 6.18. The fourth-order valence-electron chi connectivity index (χ4n) is 3.01. The van der Waals surface area contributed by atoms with E-state index in [1.54, 1.807) is 0 Å². The summed E-state index contributed by atoms with van der Waals surface area (Å²) in [4.78, 5) is 16.8. The SMILES string of the molecule is CC(CCc1ccccc1)NC(=O)c1cc2c(nc1Cl)CCC2. The molecule has 1 heterocycles. The summed E-state index contributed by atoms with van der Waals surface area (Å²) in [7, 11) is 0. The number of pyridine rings is 1. The van der Waals surface area contributed by atoms with E-state index in [-0.39, 0.29) is 11.9 Å². The summed E-state index contributed by atoms with van der Waals surface area (Å²) < 4.78 is 0. The van der Waals surface area contributed by atoms with Crippen LogP contribution >= 0.6 is 11.6 Å². The third kappa shape index (κ3) is 3.91. The van der Waals surface area contributed by atoms with E-state index in [9.17, 15) is 4.79 Å². The van der Waals surface area contributed by atoms with Crippen molar-refractivity contribution in [2.45, 2.75) is 45.1 Å². The number of aryl methyl sites for hydroxylation is 3. The van der Waals surface area contributed by atoms with Gasteiger partial charge in [-0.2, -0.15) is 0 Å². The number of nitrogens with one attached hydrogen (secondary N) is 1. The van der Waals surface area contributed by atoms with Crippen molar-refractivity contribution in [3.63, 3.8) is 0 Å². The number of carbonyl (C=O) groups is 1. The van der Waals surface area contributed by atoms with Crippen molar-refractivity contribution in [3.05, 3.63) is 63.9 Å². The molecule has 23 heavy (non-hydrogen) atoms. The van der Waals surface area contributed by atoms with Gasteiger partial charge in [-0.3, -0.25) is 4.79 Å². The molecule has 0 bridgehead atoms. The maximum Gasteiger partial charge on any atom is 0.254 e. The van der Waals surface area contributed by atoms with Gasteiger partial charge in [0, 0.05) is 11.7 Å². The molecule has 0 saturated carbocycles. The number of amides is 1. The van der Waals surface area contributed by atoms with Crippen LogP contribution in [-0.2, 0) is 19.3 Å². The summed E-state index contributed by atoms with van der Waals surface area (Å²) in [6.07, 6.45) is 4.88. The lowest BCUT2D eigenvalue weighted by Gasteiger charge is -2.15. The maximum absolute atomic E-state index is 12.5. The average molecular weight is 329 g/mol. The molecule has 1 atom stereocenters. The van der Waals surface area contributed by atoms with Crippen LogP contribution in [0.25, 0.3) is 0 Å². The molecule has 4 heteroatoms. The van der Waals surface area contributed by atoms with Crippen LogP contribution in [0.5, 0.6) is 0 Å². The number of aromatic nitrogens is 1. The monoisotopic (exact) mass is 328 g/mol. The zero-order chi connectivity index (χ0) is 16.2. The largest absolute Gasteiger partial charge is 0.349 e. The van der Waals surface area contributed by atoms with Crippen molar-refractivity contribution in [2.75, 3.05) is 0 Å². The van der Waals surface area contributed by atoms with E-state index in [4.69, 9.17) is 11.6 Å². The summed E-state index contributed by atoms with van der Waals surface area (Å²) in [6, 6.07) is 12.3. The highest BCUT2D eigenvalue weighted by Crippen LogP contribution is 2.25. The zero-order valence-corrected chi connectivity index (χ0v) is 14.1. The third-order valence-corrected chi connectivity index (χ3v) is 4.62. The number of benzene rings is 1. The van der Waals surface area contributed by atoms with Crippen LogP contribution in [0.2, 0.25) is 5.15 Å². The molecule has 120 valence electrons. The standard InChI is InChI=1S/C19H21ClN2O/c1-13(10-11-14-6-3-2-4-7-14)21-19(23)16-12-15-8-5-9-17(15)22-18(16)20/h2-4,6-7,12-13H,5,8-11H2,1H3,(H,21,23). The lowest BCUT2D eigenvalue weighted by molar-refractivity contribution is 0.0938. The molecule has 1 aromatic heterocycles. The number of hydrogen-bond acceptors (Lipinski definition) is 2. The molecule has 1 unspecified atom stereocenters. The van der Waals surface area contributed by atoms with Gasteiger partial charge >= 0.3 is 0 Å². The van der Waals surface area contributed by atoms with Crippen LogP contribution in [0, 0.1) is 0 Å². The number of nitrogens with zero attached hydrogens (tertiary/aromatic N) is 1. The molecule has 0 fully saturated rings. The fraction of sp³-hybridized carbons (Fsp3) is 0.368. The first-order valence-electron chi connectivity index (χ1n) is 8.16. The highest BCUT2D eigenvalue weighted by atomic mass is 35.5. The molecule has 1 aromatic carbocycles. The minimum absolute atomic E-state index is 0.0898. The van der Waals surface area contributed by atoms with Gasteiger partial charge in [0.1, 0.15) is 5.15 Å². The minimum Gasteiger partial charge on any atom is -0.349 e. The van der Waals surface area contributed by atoms with Crippen LogP contribution in [-0.4, -0.2) is 16.9 Å². The van der Waals surface area contributed by atoms with Gasteiger partial charge in [-0.25, -0.2) is 4.98 Å². The Morgan fingerprint density at radius 2 is 2.09 bits per heavy atom. The normalized spacial score (nSPS) is 14.3. The van der Waals surface area contributed by atoms with E-state index < -0.39 is 0 Å². The Bertz CT molecular complexity index is 700. The van der Waals surface area contributed by atoms with Gasteiger partial charge in [0.25, 0.3) is 5.91 Å². The number of halogens is 1. The Labute approximate surface area is 142 Å². The lowest BCUT2D eigenvalue weighted by atomic mass is 10.1. The summed E-state index contributed by atoms with van der Waals surface area (Å²) >= 11 is 6.19. The fourth-order valence-corrected chi connectivity index (χ4v) is 3.25. The summed E-state index contributed by atoms with van der Waals surface area (Å²) in [5.74, 6) is -0.127. The van der Waals surface area contributed by atoms with Gasteiger partial charge in [0.2, 0.25) is 0 Å². The second kappa shape index (κ2) is 7.14. The molecule has 1 N–H and O–H groups in total. The van der Waals surface area contributed by atoms with Crippen molar-refractivity contribution in [1.29, 1.82) is 0 Å². The maximum atomic E-state index is 12.5. The van der Waals surface area contributed by atoms with Crippen molar-refractivity contribution in [3.8, 4) is 0 Å².